The number of hydrogen-bond acceptors (Lipinski definition) is 4. The first-order valence-corrected chi connectivity index (χ1v) is 5.50. The van der Waals surface area contributed by atoms with Gasteiger partial charge in [0.15, 0.2) is 0 Å². The van der Waals surface area contributed by atoms with Gasteiger partial charge in [0.2, 0.25) is 11.8 Å². The fourth-order valence-corrected chi connectivity index (χ4v) is 1.85. The Hall–Kier alpha value is -2.24. The predicted octanol–water partition coefficient (Wildman–Crippen LogP) is 0.0824. The third-order valence-electron chi connectivity index (χ3n) is 2.92. The van der Waals surface area contributed by atoms with Crippen LogP contribution in [0.5, 0.6) is 5.75 Å². The number of anilines is 2. The third-order valence-corrected chi connectivity index (χ3v) is 2.92. The number of likely N-dealkylation sites (N-methyl/N-ethyl adjacent to an activating group) is 1. The molecular weight excluding hydrogens is 234 g/mol. The molecule has 18 heavy (non-hydrogen) atoms. The maximum absolute atomic E-state index is 11.9. The molecule has 6 nitrogen and oxygen atoms in total. The highest BCUT2D eigenvalue weighted by molar-refractivity contribution is 6.04. The first kappa shape index (κ1) is 12.2. The summed E-state index contributed by atoms with van der Waals surface area (Å²) in [4.78, 5) is 26.3. The Labute approximate surface area is 105 Å². The van der Waals surface area contributed by atoms with Crippen LogP contribution in [-0.2, 0) is 9.59 Å². The molecule has 0 bridgehead atoms. The number of carbonyl (C=O) groups excluding carboxylic acids is 2. The van der Waals surface area contributed by atoms with Gasteiger partial charge in [-0.1, -0.05) is 0 Å². The zero-order chi connectivity index (χ0) is 13.3. The van der Waals surface area contributed by atoms with Crippen molar-refractivity contribution in [3.05, 3.63) is 18.2 Å². The average Bonchev–Trinajstić information content (AvgIpc) is 2.33. The molecule has 0 unspecified atom stereocenters. The van der Waals surface area contributed by atoms with E-state index in [4.69, 9.17) is 10.5 Å². The highest BCUT2D eigenvalue weighted by Crippen LogP contribution is 2.27. The Morgan fingerprint density at radius 3 is 2.56 bits per heavy atom. The lowest BCUT2D eigenvalue weighted by atomic mass is 10.2. The zero-order valence-electron chi connectivity index (χ0n) is 10.3. The van der Waals surface area contributed by atoms with E-state index in [0.717, 1.165) is 0 Å². The minimum Gasteiger partial charge on any atom is -0.495 e. The first-order valence-electron chi connectivity index (χ1n) is 5.50. The van der Waals surface area contributed by atoms with Crippen molar-refractivity contribution in [2.75, 3.05) is 37.9 Å². The van der Waals surface area contributed by atoms with E-state index in [1.807, 2.05) is 0 Å². The summed E-state index contributed by atoms with van der Waals surface area (Å²) < 4.78 is 5.05. The van der Waals surface area contributed by atoms with Gasteiger partial charge in [0.1, 0.15) is 12.3 Å². The topological polar surface area (TPSA) is 75.9 Å². The highest BCUT2D eigenvalue weighted by Gasteiger charge is 2.28. The van der Waals surface area contributed by atoms with Crippen molar-refractivity contribution in [1.82, 2.24) is 4.90 Å². The van der Waals surface area contributed by atoms with Gasteiger partial charge in [-0.25, -0.2) is 0 Å². The molecule has 1 aromatic rings. The van der Waals surface area contributed by atoms with Crippen LogP contribution in [0.3, 0.4) is 0 Å². The average molecular weight is 249 g/mol. The SMILES string of the molecule is COc1ccc(N2CC(=O)N(C)CC2=O)cc1N. The molecule has 2 rings (SSSR count). The molecule has 0 spiro atoms. The number of carbonyl (C=O) groups is 2. The van der Waals surface area contributed by atoms with Gasteiger partial charge in [0.05, 0.1) is 19.3 Å². The van der Waals surface area contributed by atoms with E-state index in [2.05, 4.69) is 0 Å². The van der Waals surface area contributed by atoms with Crippen LogP contribution in [-0.4, -0.2) is 44.0 Å². The van der Waals surface area contributed by atoms with Crippen molar-refractivity contribution < 1.29 is 14.3 Å². The normalized spacial score (nSPS) is 16.1. The van der Waals surface area contributed by atoms with Crippen molar-refractivity contribution in [2.24, 2.45) is 0 Å². The minimum atomic E-state index is -0.123. The summed E-state index contributed by atoms with van der Waals surface area (Å²) in [7, 11) is 3.13. The summed E-state index contributed by atoms with van der Waals surface area (Å²) in [6.07, 6.45) is 0. The second kappa shape index (κ2) is 4.56. The molecule has 2 amide bonds. The highest BCUT2D eigenvalue weighted by atomic mass is 16.5. The molecule has 1 saturated heterocycles. The zero-order valence-corrected chi connectivity index (χ0v) is 10.3. The molecule has 96 valence electrons. The molecule has 6 heteroatoms. The van der Waals surface area contributed by atoms with E-state index in [-0.39, 0.29) is 24.9 Å². The fraction of sp³-hybridized carbons (Fsp3) is 0.333. The number of benzene rings is 1. The summed E-state index contributed by atoms with van der Waals surface area (Å²) in [5.74, 6) is 0.331. The Bertz CT molecular complexity index is 501. The van der Waals surface area contributed by atoms with Crippen molar-refractivity contribution in [3.63, 3.8) is 0 Å². The van der Waals surface area contributed by atoms with E-state index in [0.29, 0.717) is 17.1 Å². The van der Waals surface area contributed by atoms with Crippen LogP contribution in [0.1, 0.15) is 0 Å². The smallest absolute Gasteiger partial charge is 0.247 e. The van der Waals surface area contributed by atoms with Gasteiger partial charge in [-0.3, -0.25) is 9.59 Å². The Morgan fingerprint density at radius 2 is 1.94 bits per heavy atom. The fourth-order valence-electron chi connectivity index (χ4n) is 1.85. The number of rotatable bonds is 2. The molecule has 0 saturated carbocycles. The third kappa shape index (κ3) is 2.09. The molecule has 1 aromatic carbocycles. The summed E-state index contributed by atoms with van der Waals surface area (Å²) in [6.45, 7) is 0.131. The van der Waals surface area contributed by atoms with Crippen LogP contribution in [0.25, 0.3) is 0 Å². The number of amides is 2. The Balaban J connectivity index is 2.28. The molecule has 1 aliphatic heterocycles. The maximum atomic E-state index is 11.9. The van der Waals surface area contributed by atoms with Crippen LogP contribution < -0.4 is 15.4 Å². The molecular formula is C12H15N3O3. The van der Waals surface area contributed by atoms with E-state index in [1.54, 1.807) is 25.2 Å². The van der Waals surface area contributed by atoms with Gasteiger partial charge in [-0.05, 0) is 18.2 Å². The number of ether oxygens (including phenoxy) is 1. The summed E-state index contributed by atoms with van der Waals surface area (Å²) in [6, 6.07) is 5.03. The number of nitrogens with zero attached hydrogens (tertiary/aromatic N) is 2. The van der Waals surface area contributed by atoms with Crippen LogP contribution in [0.15, 0.2) is 18.2 Å². The van der Waals surface area contributed by atoms with Crippen molar-refractivity contribution >= 4 is 23.2 Å². The monoisotopic (exact) mass is 249 g/mol. The Morgan fingerprint density at radius 1 is 1.22 bits per heavy atom. The quantitative estimate of drug-likeness (QED) is 0.753. The van der Waals surface area contributed by atoms with Crippen LogP contribution in [0.2, 0.25) is 0 Å². The number of methoxy groups -OCH3 is 1. The largest absolute Gasteiger partial charge is 0.495 e. The van der Waals surface area contributed by atoms with Crippen LogP contribution in [0, 0.1) is 0 Å². The van der Waals surface area contributed by atoms with Gasteiger partial charge in [0.25, 0.3) is 0 Å². The molecule has 1 aliphatic rings. The Kier molecular flexibility index (Phi) is 3.10. The van der Waals surface area contributed by atoms with Crippen molar-refractivity contribution in [1.29, 1.82) is 0 Å². The van der Waals surface area contributed by atoms with E-state index in [9.17, 15) is 9.59 Å². The van der Waals surface area contributed by atoms with Gasteiger partial charge in [-0.2, -0.15) is 0 Å². The van der Waals surface area contributed by atoms with Crippen molar-refractivity contribution in [2.45, 2.75) is 0 Å². The van der Waals surface area contributed by atoms with E-state index >= 15 is 0 Å². The summed E-state index contributed by atoms with van der Waals surface area (Å²) in [5, 5.41) is 0. The molecule has 0 aromatic heterocycles. The van der Waals surface area contributed by atoms with Gasteiger partial charge in [0, 0.05) is 12.7 Å². The number of nitrogens with two attached hydrogens (primary N) is 1. The van der Waals surface area contributed by atoms with Gasteiger partial charge < -0.3 is 20.3 Å². The van der Waals surface area contributed by atoms with E-state index in [1.165, 1.54) is 16.9 Å². The maximum Gasteiger partial charge on any atom is 0.247 e. The molecule has 0 aliphatic carbocycles. The lowest BCUT2D eigenvalue weighted by molar-refractivity contribution is -0.136. The molecule has 2 N–H and O–H groups in total. The summed E-state index contributed by atoms with van der Waals surface area (Å²) >= 11 is 0. The standard InChI is InChI=1S/C12H15N3O3/c1-14-6-12(17)15(7-11(14)16)8-3-4-10(18-2)9(13)5-8/h3-5H,6-7,13H2,1-2H3. The summed E-state index contributed by atoms with van der Waals surface area (Å²) in [5.41, 5.74) is 6.84. The molecule has 1 heterocycles. The van der Waals surface area contributed by atoms with Crippen LogP contribution in [0.4, 0.5) is 11.4 Å². The number of hydrogen-bond donors (Lipinski definition) is 1. The predicted molar refractivity (Wildman–Crippen MR) is 67.4 cm³/mol. The minimum absolute atomic E-state index is 0.0428. The first-order chi connectivity index (χ1) is 8.52. The lowest BCUT2D eigenvalue weighted by Gasteiger charge is -2.31. The van der Waals surface area contributed by atoms with Gasteiger partial charge >= 0.3 is 0 Å². The molecule has 0 radical (unpaired) electrons. The second-order valence-electron chi connectivity index (χ2n) is 4.16. The second-order valence-corrected chi connectivity index (χ2v) is 4.16. The molecule has 0 atom stereocenters. The van der Waals surface area contributed by atoms with E-state index < -0.39 is 0 Å². The van der Waals surface area contributed by atoms with Crippen molar-refractivity contribution in [3.8, 4) is 5.75 Å². The molecule has 1 fully saturated rings. The van der Waals surface area contributed by atoms with Gasteiger partial charge in [-0.15, -0.1) is 0 Å². The number of piperazine rings is 1. The lowest BCUT2D eigenvalue weighted by Crippen LogP contribution is -2.52. The number of nitrogen functional groups attached to an aromatic ring is 1. The van der Waals surface area contributed by atoms with Crippen LogP contribution >= 0.6 is 0 Å².